The number of hydrogen-bond acceptors (Lipinski definition) is 4. The van der Waals surface area contributed by atoms with Crippen molar-refractivity contribution < 1.29 is 8.83 Å². The first-order valence-electron chi connectivity index (χ1n) is 25.7. The zero-order valence-electron chi connectivity index (χ0n) is 39.4. The lowest BCUT2D eigenvalue weighted by Gasteiger charge is -2.29. The molecule has 4 nitrogen and oxygen atoms in total. The first kappa shape index (κ1) is 41.2. The minimum Gasteiger partial charge on any atom is -0.454 e. The summed E-state index contributed by atoms with van der Waals surface area (Å²) in [5.74, 6) is 1.05. The number of hydrogen-bond donors (Lipinski definition) is 0. The zero-order chi connectivity index (χ0) is 46.1. The van der Waals surface area contributed by atoms with E-state index in [4.69, 9.17) is 8.83 Å². The minimum atomic E-state index is 0.526. The van der Waals surface area contributed by atoms with Gasteiger partial charge in [-0.2, -0.15) is 0 Å². The molecule has 0 amide bonds. The summed E-state index contributed by atoms with van der Waals surface area (Å²) in [5, 5.41) is 11.8. The summed E-state index contributed by atoms with van der Waals surface area (Å²) in [7, 11) is 0. The van der Waals surface area contributed by atoms with E-state index in [1.807, 2.05) is 0 Å². The van der Waals surface area contributed by atoms with Gasteiger partial charge in [0, 0.05) is 43.7 Å². The van der Waals surface area contributed by atoms with Gasteiger partial charge in [0.25, 0.3) is 0 Å². The average Bonchev–Trinajstić information content (AvgIpc) is 4.03. The van der Waals surface area contributed by atoms with Gasteiger partial charge in [-0.15, -0.1) is 0 Å². The third-order valence-corrected chi connectivity index (χ3v) is 16.0. The molecule has 0 saturated heterocycles. The summed E-state index contributed by atoms with van der Waals surface area (Å²) in [5.41, 5.74) is 13.0. The fourth-order valence-electron chi connectivity index (χ4n) is 12.7. The van der Waals surface area contributed by atoms with Crippen LogP contribution in [-0.2, 0) is 0 Å². The molecule has 0 bridgehead atoms. The van der Waals surface area contributed by atoms with E-state index in [9.17, 15) is 0 Å². The van der Waals surface area contributed by atoms with E-state index < -0.39 is 0 Å². The molecule has 0 unspecified atom stereocenters. The van der Waals surface area contributed by atoms with E-state index in [2.05, 4.69) is 204 Å². The zero-order valence-corrected chi connectivity index (χ0v) is 39.4. The van der Waals surface area contributed by atoms with Crippen LogP contribution in [0.3, 0.4) is 0 Å². The highest BCUT2D eigenvalue weighted by Gasteiger charge is 2.28. The van der Waals surface area contributed by atoms with Crippen molar-refractivity contribution in [2.75, 3.05) is 9.80 Å². The van der Waals surface area contributed by atoms with Crippen molar-refractivity contribution in [3.63, 3.8) is 0 Å². The number of anilines is 6. The second kappa shape index (κ2) is 17.0. The van der Waals surface area contributed by atoms with Crippen LogP contribution in [0.2, 0.25) is 0 Å². The van der Waals surface area contributed by atoms with Crippen LogP contribution >= 0.6 is 0 Å². The Hall–Kier alpha value is -7.82. The first-order valence-corrected chi connectivity index (χ1v) is 25.7. The van der Waals surface area contributed by atoms with Crippen LogP contribution in [0, 0.1) is 0 Å². The number of nitrogens with zero attached hydrogens (tertiary/aromatic N) is 2. The fourth-order valence-corrected chi connectivity index (χ4v) is 12.7. The normalized spacial score (nSPS) is 15.0. The van der Waals surface area contributed by atoms with Gasteiger partial charge < -0.3 is 18.6 Å². The van der Waals surface area contributed by atoms with Crippen molar-refractivity contribution in [2.45, 2.75) is 76.0 Å². The van der Waals surface area contributed by atoms with Crippen LogP contribution in [0.25, 0.3) is 76.2 Å². The highest BCUT2D eigenvalue weighted by molar-refractivity contribution is 6.25. The summed E-state index contributed by atoms with van der Waals surface area (Å²) < 4.78 is 14.4. The van der Waals surface area contributed by atoms with Crippen LogP contribution < -0.4 is 9.80 Å². The molecule has 2 fully saturated rings. The number of rotatable bonds is 8. The predicted molar refractivity (Wildman–Crippen MR) is 295 cm³/mol. The third-order valence-electron chi connectivity index (χ3n) is 16.0. The van der Waals surface area contributed by atoms with Crippen LogP contribution in [0.5, 0.6) is 0 Å². The molecular formula is C66H54N2O2. The first-order chi connectivity index (χ1) is 34.8. The summed E-state index contributed by atoms with van der Waals surface area (Å²) in [6.45, 7) is 0. The second-order valence-corrected chi connectivity index (χ2v) is 19.9. The summed E-state index contributed by atoms with van der Waals surface area (Å²) in [6.07, 6.45) is 12.6. The Morgan fingerprint density at radius 3 is 1.03 bits per heavy atom. The van der Waals surface area contributed by atoms with E-state index in [1.165, 1.54) is 108 Å². The SMILES string of the molecule is c1ccc(N(c2cc3c4ccccc4c(N(c4ccccc4)c4cccc5c4oc4c(C6CCCCC6)cccc45)cc3c3ccccc23)c2cccc3c2oc2c(C4CCCCC4)cccc23)cc1. The summed E-state index contributed by atoms with van der Waals surface area (Å²) >= 11 is 0. The molecule has 0 radical (unpaired) electrons. The standard InChI is InChI=1S/C66H54N2O2/c1-5-21-43(22-6-1)47-33-17-35-53-55-37-19-39-59(65(55)69-63(47)53)67(45-25-9-3-10-26-45)61-41-57-50-30-14-16-32-52(50)62(42-58(57)49-29-13-15-31-51(49)61)68(46-27-11-4-12-28-46)60-40-20-38-56-54-36-18-34-48(64(54)70-66(56)60)44-23-7-2-8-24-44/h3-4,9-20,25-44H,1-2,5-8,21-24H2. The Bertz CT molecular complexity index is 3670. The molecule has 2 aliphatic carbocycles. The van der Waals surface area contributed by atoms with Gasteiger partial charge in [-0.3, -0.25) is 0 Å². The number of fused-ring (bicyclic) bond motifs is 11. The van der Waals surface area contributed by atoms with Crippen LogP contribution in [0.1, 0.15) is 87.2 Å². The predicted octanol–water partition coefficient (Wildman–Crippen LogP) is 20.0. The number of para-hydroxylation sites is 6. The molecule has 0 aliphatic heterocycles. The molecule has 14 rings (SSSR count). The lowest BCUT2D eigenvalue weighted by atomic mass is 9.83. The smallest absolute Gasteiger partial charge is 0.159 e. The Balaban J connectivity index is 1.01. The van der Waals surface area contributed by atoms with Crippen LogP contribution in [0.15, 0.2) is 203 Å². The maximum absolute atomic E-state index is 7.22. The molecule has 2 saturated carbocycles. The molecule has 70 heavy (non-hydrogen) atoms. The van der Waals surface area contributed by atoms with Gasteiger partial charge in [-0.05, 0) is 119 Å². The van der Waals surface area contributed by atoms with Crippen molar-refractivity contribution in [3.8, 4) is 0 Å². The third kappa shape index (κ3) is 6.64. The molecule has 12 aromatic rings. The summed E-state index contributed by atoms with van der Waals surface area (Å²) in [4.78, 5) is 4.88. The van der Waals surface area contributed by atoms with E-state index in [0.29, 0.717) is 11.8 Å². The van der Waals surface area contributed by atoms with Crippen molar-refractivity contribution in [1.29, 1.82) is 0 Å². The van der Waals surface area contributed by atoms with Crippen molar-refractivity contribution in [2.24, 2.45) is 0 Å². The van der Waals surface area contributed by atoms with Crippen LogP contribution in [-0.4, -0.2) is 0 Å². The van der Waals surface area contributed by atoms with Gasteiger partial charge in [0.2, 0.25) is 0 Å². The molecule has 4 heteroatoms. The van der Waals surface area contributed by atoms with Crippen LogP contribution in [0.4, 0.5) is 34.1 Å². The quantitative estimate of drug-likeness (QED) is 0.142. The van der Waals surface area contributed by atoms with E-state index in [-0.39, 0.29) is 0 Å². The average molecular weight is 907 g/mol. The molecule has 10 aromatic carbocycles. The van der Waals surface area contributed by atoms with Gasteiger partial charge in [-0.1, -0.05) is 184 Å². The van der Waals surface area contributed by atoms with Gasteiger partial charge in [0.05, 0.1) is 22.7 Å². The lowest BCUT2D eigenvalue weighted by Crippen LogP contribution is -2.12. The molecular weight excluding hydrogens is 853 g/mol. The summed E-state index contributed by atoms with van der Waals surface area (Å²) in [6, 6.07) is 71.5. The lowest BCUT2D eigenvalue weighted by molar-refractivity contribution is 0.442. The van der Waals surface area contributed by atoms with Gasteiger partial charge in [0.15, 0.2) is 11.2 Å². The molecule has 2 aromatic heterocycles. The fraction of sp³-hybridized carbons (Fsp3) is 0.182. The minimum absolute atomic E-state index is 0.526. The Morgan fingerprint density at radius 2 is 0.614 bits per heavy atom. The molecule has 2 heterocycles. The van der Waals surface area contributed by atoms with Gasteiger partial charge >= 0.3 is 0 Å². The van der Waals surface area contributed by atoms with Gasteiger partial charge in [0.1, 0.15) is 11.2 Å². The monoisotopic (exact) mass is 906 g/mol. The highest BCUT2D eigenvalue weighted by Crippen LogP contribution is 2.52. The Labute approximate surface area is 408 Å². The van der Waals surface area contributed by atoms with Crippen molar-refractivity contribution in [1.82, 2.24) is 0 Å². The number of benzene rings is 10. The second-order valence-electron chi connectivity index (χ2n) is 19.9. The van der Waals surface area contributed by atoms with Crippen molar-refractivity contribution in [3.05, 3.63) is 205 Å². The largest absolute Gasteiger partial charge is 0.454 e. The van der Waals surface area contributed by atoms with E-state index in [1.54, 1.807) is 0 Å². The molecule has 0 atom stereocenters. The molecule has 0 spiro atoms. The Kier molecular flexibility index (Phi) is 10.00. The highest BCUT2D eigenvalue weighted by atomic mass is 16.3. The van der Waals surface area contributed by atoms with Gasteiger partial charge in [-0.25, -0.2) is 0 Å². The van der Waals surface area contributed by atoms with E-state index in [0.717, 1.165) is 78.0 Å². The van der Waals surface area contributed by atoms with Crippen molar-refractivity contribution >= 4 is 110 Å². The number of furan rings is 2. The molecule has 340 valence electrons. The molecule has 0 N–H and O–H groups in total. The Morgan fingerprint density at radius 1 is 0.271 bits per heavy atom. The maximum atomic E-state index is 7.22. The molecule has 2 aliphatic rings. The maximum Gasteiger partial charge on any atom is 0.159 e. The van der Waals surface area contributed by atoms with E-state index >= 15 is 0 Å². The topological polar surface area (TPSA) is 32.8 Å².